The number of ether oxygens (including phenoxy) is 1. The second-order valence-corrected chi connectivity index (χ2v) is 8.56. The highest BCUT2D eigenvalue weighted by Crippen LogP contribution is 2.38. The highest BCUT2D eigenvalue weighted by molar-refractivity contribution is 6.15. The summed E-state index contributed by atoms with van der Waals surface area (Å²) in [4.78, 5) is 16.6. The molecule has 2 aromatic carbocycles. The number of Topliss-reactive ketones (excluding diaryl/α,β-unsaturated/α-hetero) is 1. The molecule has 7 nitrogen and oxygen atoms in total. The van der Waals surface area contributed by atoms with E-state index in [1.54, 1.807) is 12.1 Å². The number of aliphatic hydroxyl groups is 1. The van der Waals surface area contributed by atoms with Crippen LogP contribution in [0.2, 0.25) is 0 Å². The number of hydrogen-bond acceptors (Lipinski definition) is 5. The predicted molar refractivity (Wildman–Crippen MR) is 120 cm³/mol. The van der Waals surface area contributed by atoms with Crippen molar-refractivity contribution in [1.29, 1.82) is 0 Å². The van der Waals surface area contributed by atoms with Gasteiger partial charge in [0.2, 0.25) is 5.78 Å². The maximum Gasteiger partial charge on any atom is 0.231 e. The first-order valence-electron chi connectivity index (χ1n) is 11.0. The van der Waals surface area contributed by atoms with Crippen molar-refractivity contribution in [3.05, 3.63) is 65.0 Å². The molecule has 0 unspecified atom stereocenters. The van der Waals surface area contributed by atoms with Crippen molar-refractivity contribution in [3.8, 4) is 11.5 Å². The van der Waals surface area contributed by atoms with Crippen LogP contribution in [0.15, 0.2) is 48.4 Å². The predicted octanol–water partition coefficient (Wildman–Crippen LogP) is 0.561. The number of rotatable bonds is 5. The molecule has 2 aliphatic heterocycles. The molecule has 32 heavy (non-hydrogen) atoms. The number of aliphatic hydroxyl groups excluding tert-OH is 1. The Morgan fingerprint density at radius 1 is 1.19 bits per heavy atom. The Bertz CT molecular complexity index is 1210. The van der Waals surface area contributed by atoms with Crippen LogP contribution in [0.25, 0.3) is 17.0 Å². The Labute approximate surface area is 186 Å². The molecule has 1 fully saturated rings. The third kappa shape index (κ3) is 3.68. The SMILES string of the molecule is Cn1cc(/C=C2/Oc3c(ccc([O-])c3C[NH+]3CCN(CCO)CC3)C2=O)c2ccccc21. The van der Waals surface area contributed by atoms with Gasteiger partial charge in [0.25, 0.3) is 0 Å². The summed E-state index contributed by atoms with van der Waals surface area (Å²) < 4.78 is 8.06. The number of para-hydroxylation sites is 1. The minimum Gasteiger partial charge on any atom is -0.872 e. The number of aromatic nitrogens is 1. The fourth-order valence-corrected chi connectivity index (χ4v) is 4.75. The molecule has 1 saturated heterocycles. The van der Waals surface area contributed by atoms with Crippen LogP contribution in [-0.2, 0) is 13.6 Å². The van der Waals surface area contributed by atoms with E-state index in [1.807, 2.05) is 42.1 Å². The average Bonchev–Trinajstić information content (AvgIpc) is 3.29. The van der Waals surface area contributed by atoms with Gasteiger partial charge in [-0.25, -0.2) is 0 Å². The van der Waals surface area contributed by atoms with E-state index in [0.29, 0.717) is 30.0 Å². The molecule has 0 radical (unpaired) electrons. The molecule has 7 heteroatoms. The van der Waals surface area contributed by atoms with Crippen molar-refractivity contribution >= 4 is 22.8 Å². The minimum atomic E-state index is -0.183. The zero-order valence-corrected chi connectivity index (χ0v) is 18.1. The highest BCUT2D eigenvalue weighted by Gasteiger charge is 2.32. The molecule has 0 atom stereocenters. The number of ketones is 1. The Morgan fingerprint density at radius 3 is 2.75 bits per heavy atom. The van der Waals surface area contributed by atoms with Gasteiger partial charge in [0, 0.05) is 54.9 Å². The summed E-state index contributed by atoms with van der Waals surface area (Å²) in [5.41, 5.74) is 3.02. The monoisotopic (exact) mass is 433 g/mol. The summed E-state index contributed by atoms with van der Waals surface area (Å²) in [6, 6.07) is 11.1. The molecule has 3 heterocycles. The van der Waals surface area contributed by atoms with E-state index in [2.05, 4.69) is 4.90 Å². The van der Waals surface area contributed by atoms with Crippen LogP contribution in [0.4, 0.5) is 0 Å². The summed E-state index contributed by atoms with van der Waals surface area (Å²) in [6.45, 7) is 4.90. The summed E-state index contributed by atoms with van der Waals surface area (Å²) >= 11 is 0. The van der Waals surface area contributed by atoms with Crippen LogP contribution >= 0.6 is 0 Å². The fourth-order valence-electron chi connectivity index (χ4n) is 4.75. The van der Waals surface area contributed by atoms with E-state index < -0.39 is 0 Å². The highest BCUT2D eigenvalue weighted by atomic mass is 16.5. The quantitative estimate of drug-likeness (QED) is 0.575. The molecule has 2 N–H and O–H groups in total. The number of quaternary nitrogens is 1. The summed E-state index contributed by atoms with van der Waals surface area (Å²) in [6.07, 6.45) is 3.76. The standard InChI is InChI=1S/C25H27N3O4/c1-26-15-17(18-4-2-3-5-21(18)26)14-23-24(31)19-6-7-22(30)20(25(19)32-23)16-28-10-8-27(9-11-28)12-13-29/h2-7,14-15,29-30H,8-13,16H2,1H3/b23-14+. The molecule has 0 amide bonds. The number of hydrogen-bond donors (Lipinski definition) is 2. The number of allylic oxidation sites excluding steroid dienone is 1. The largest absolute Gasteiger partial charge is 0.872 e. The van der Waals surface area contributed by atoms with Gasteiger partial charge in [0.05, 0.1) is 25.3 Å². The summed E-state index contributed by atoms with van der Waals surface area (Å²) in [5, 5.41) is 22.9. The van der Waals surface area contributed by atoms with Crippen molar-refractivity contribution in [2.45, 2.75) is 6.54 Å². The van der Waals surface area contributed by atoms with Crippen LogP contribution in [0.3, 0.4) is 0 Å². The van der Waals surface area contributed by atoms with E-state index in [1.165, 1.54) is 11.0 Å². The second kappa shape index (κ2) is 8.43. The van der Waals surface area contributed by atoms with E-state index in [-0.39, 0.29) is 23.9 Å². The van der Waals surface area contributed by atoms with Crippen molar-refractivity contribution < 1.29 is 24.6 Å². The van der Waals surface area contributed by atoms with Crippen LogP contribution in [0, 0.1) is 0 Å². The lowest BCUT2D eigenvalue weighted by Gasteiger charge is -2.32. The number of fused-ring (bicyclic) bond motifs is 2. The normalized spacial score (nSPS) is 18.4. The molecule has 1 aromatic heterocycles. The number of nitrogens with zero attached hydrogens (tertiary/aromatic N) is 2. The van der Waals surface area contributed by atoms with Gasteiger partial charge in [-0.2, -0.15) is 0 Å². The summed E-state index contributed by atoms with van der Waals surface area (Å²) in [5.74, 6) is 0.399. The van der Waals surface area contributed by atoms with Crippen molar-refractivity contribution in [2.24, 2.45) is 7.05 Å². The number of aryl methyl sites for hydroxylation is 1. The van der Waals surface area contributed by atoms with E-state index >= 15 is 0 Å². The number of nitrogens with one attached hydrogen (secondary N) is 1. The Morgan fingerprint density at radius 2 is 1.97 bits per heavy atom. The maximum absolute atomic E-state index is 13.1. The van der Waals surface area contributed by atoms with Gasteiger partial charge in [-0.15, -0.1) is 0 Å². The lowest BCUT2D eigenvalue weighted by atomic mass is 10.0. The fraction of sp³-hybridized carbons (Fsp3) is 0.320. The van der Waals surface area contributed by atoms with Gasteiger partial charge in [0.1, 0.15) is 12.3 Å². The van der Waals surface area contributed by atoms with E-state index in [9.17, 15) is 9.90 Å². The molecule has 5 rings (SSSR count). The van der Waals surface area contributed by atoms with E-state index in [0.717, 1.165) is 42.6 Å². The molecule has 3 aromatic rings. The van der Waals surface area contributed by atoms with E-state index in [4.69, 9.17) is 9.84 Å². The van der Waals surface area contributed by atoms with Gasteiger partial charge in [-0.1, -0.05) is 30.0 Å². The first kappa shape index (κ1) is 20.8. The smallest absolute Gasteiger partial charge is 0.231 e. The topological polar surface area (TPSA) is 82.2 Å². The number of carbonyl (C=O) groups excluding carboxylic acids is 1. The first-order valence-corrected chi connectivity index (χ1v) is 11.0. The van der Waals surface area contributed by atoms with Gasteiger partial charge in [0.15, 0.2) is 5.76 Å². The lowest BCUT2D eigenvalue weighted by molar-refractivity contribution is -0.918. The summed E-state index contributed by atoms with van der Waals surface area (Å²) in [7, 11) is 1.97. The van der Waals surface area contributed by atoms with Crippen molar-refractivity contribution in [3.63, 3.8) is 0 Å². The lowest BCUT2D eigenvalue weighted by Crippen LogP contribution is -3.13. The zero-order valence-electron chi connectivity index (χ0n) is 18.1. The zero-order chi connectivity index (χ0) is 22.2. The number of piperazine rings is 1. The molecule has 0 spiro atoms. The second-order valence-electron chi connectivity index (χ2n) is 8.56. The van der Waals surface area contributed by atoms with Crippen LogP contribution < -0.4 is 14.7 Å². The Balaban J connectivity index is 1.42. The van der Waals surface area contributed by atoms with Crippen LogP contribution in [-0.4, -0.2) is 59.7 Å². The molecule has 2 aliphatic rings. The molecular weight excluding hydrogens is 406 g/mol. The average molecular weight is 434 g/mol. The third-order valence-electron chi connectivity index (χ3n) is 6.52. The van der Waals surface area contributed by atoms with Gasteiger partial charge in [-0.3, -0.25) is 9.69 Å². The Kier molecular flexibility index (Phi) is 5.46. The van der Waals surface area contributed by atoms with Gasteiger partial charge < -0.3 is 24.4 Å². The number of β-amino-alcohol motifs (C(OH)–C–C–N with tert-alkyl or cyclic N) is 1. The molecule has 0 saturated carbocycles. The molecular formula is C25H27N3O4. The third-order valence-corrected chi connectivity index (χ3v) is 6.52. The van der Waals surface area contributed by atoms with Crippen LogP contribution in [0.1, 0.15) is 21.5 Å². The molecule has 0 aliphatic carbocycles. The number of carbonyl (C=O) groups is 1. The Hall–Kier alpha value is -3.13. The minimum absolute atomic E-state index is 0.0896. The van der Waals surface area contributed by atoms with Crippen LogP contribution in [0.5, 0.6) is 11.5 Å². The molecule has 166 valence electrons. The first-order chi connectivity index (χ1) is 15.5. The van der Waals surface area contributed by atoms with Gasteiger partial charge in [-0.05, 0) is 18.2 Å². The maximum atomic E-state index is 13.1. The molecule has 0 bridgehead atoms. The van der Waals surface area contributed by atoms with Gasteiger partial charge >= 0.3 is 0 Å². The van der Waals surface area contributed by atoms with Crippen molar-refractivity contribution in [1.82, 2.24) is 9.47 Å². The van der Waals surface area contributed by atoms with Crippen molar-refractivity contribution in [2.75, 3.05) is 39.3 Å². The number of benzene rings is 2.